The minimum absolute atomic E-state index is 0.195. The molecule has 0 unspecified atom stereocenters. The molecule has 2 heterocycles. The van der Waals surface area contributed by atoms with E-state index in [1.54, 1.807) is 12.1 Å². The minimum Gasteiger partial charge on any atom is -0.455 e. The van der Waals surface area contributed by atoms with Crippen molar-refractivity contribution in [2.24, 2.45) is 0 Å². The maximum Gasteiger partial charge on any atom is 0.287 e. The molecule has 1 aromatic rings. The van der Waals surface area contributed by atoms with Crippen LogP contribution in [0.2, 0.25) is 0 Å². The average molecular weight is 273 g/mol. The van der Waals surface area contributed by atoms with E-state index in [-0.39, 0.29) is 11.8 Å². The fourth-order valence-electron chi connectivity index (χ4n) is 1.81. The third-order valence-electron chi connectivity index (χ3n) is 2.83. The van der Waals surface area contributed by atoms with E-state index in [2.05, 4.69) is 10.2 Å². The number of rotatable bonds is 5. The van der Waals surface area contributed by atoms with Crippen LogP contribution < -0.4 is 5.32 Å². The zero-order valence-electron chi connectivity index (χ0n) is 10.2. The van der Waals surface area contributed by atoms with E-state index < -0.39 is 0 Å². The number of carbonyl (C=O) groups excluding carboxylic acids is 1. The van der Waals surface area contributed by atoms with Crippen LogP contribution in [0.15, 0.2) is 16.5 Å². The number of carbonyl (C=O) groups is 1. The van der Waals surface area contributed by atoms with Crippen molar-refractivity contribution in [3.8, 4) is 0 Å². The van der Waals surface area contributed by atoms with Crippen molar-refractivity contribution < 1.29 is 13.9 Å². The molecule has 0 aliphatic carbocycles. The first kappa shape index (κ1) is 13.4. The quantitative estimate of drug-likeness (QED) is 0.815. The normalized spacial score (nSPS) is 16.7. The van der Waals surface area contributed by atoms with Crippen molar-refractivity contribution in [2.75, 3.05) is 39.4 Å². The molecule has 1 aliphatic rings. The van der Waals surface area contributed by atoms with Crippen LogP contribution in [0.3, 0.4) is 0 Å². The van der Waals surface area contributed by atoms with Gasteiger partial charge in [0.25, 0.3) is 5.91 Å². The standard InChI is InChI=1S/C12H17ClN2O3/c13-9-10-1-2-11(18-10)12(16)14-3-4-15-5-7-17-8-6-15/h1-2H,3-9H2,(H,14,16). The Morgan fingerprint density at radius 1 is 1.39 bits per heavy atom. The summed E-state index contributed by atoms with van der Waals surface area (Å²) in [5, 5.41) is 2.83. The minimum atomic E-state index is -0.195. The van der Waals surface area contributed by atoms with Gasteiger partial charge in [0.1, 0.15) is 5.76 Å². The van der Waals surface area contributed by atoms with Gasteiger partial charge in [0.15, 0.2) is 5.76 Å². The molecule has 1 fully saturated rings. The summed E-state index contributed by atoms with van der Waals surface area (Å²) in [6.45, 7) is 4.82. The number of hydrogen-bond donors (Lipinski definition) is 1. The van der Waals surface area contributed by atoms with Crippen molar-refractivity contribution in [2.45, 2.75) is 5.88 Å². The Kier molecular flexibility index (Phi) is 5.04. The predicted octanol–water partition coefficient (Wildman–Crippen LogP) is 1.08. The number of nitrogens with one attached hydrogen (secondary N) is 1. The summed E-state index contributed by atoms with van der Waals surface area (Å²) in [5.74, 6) is 1.00. The molecule has 1 aliphatic heterocycles. The summed E-state index contributed by atoms with van der Waals surface area (Å²) in [6, 6.07) is 3.35. The van der Waals surface area contributed by atoms with Crippen LogP contribution in [-0.2, 0) is 10.6 Å². The Labute approximate surface area is 111 Å². The molecule has 2 rings (SSSR count). The van der Waals surface area contributed by atoms with Gasteiger partial charge in [0, 0.05) is 26.2 Å². The van der Waals surface area contributed by atoms with E-state index in [9.17, 15) is 4.79 Å². The van der Waals surface area contributed by atoms with Gasteiger partial charge in [-0.2, -0.15) is 0 Å². The molecule has 1 N–H and O–H groups in total. The third-order valence-corrected chi connectivity index (χ3v) is 3.10. The summed E-state index contributed by atoms with van der Waals surface area (Å²) in [6.07, 6.45) is 0. The highest BCUT2D eigenvalue weighted by Crippen LogP contribution is 2.09. The number of amides is 1. The highest BCUT2D eigenvalue weighted by Gasteiger charge is 2.12. The molecule has 6 heteroatoms. The second-order valence-electron chi connectivity index (χ2n) is 4.11. The lowest BCUT2D eigenvalue weighted by molar-refractivity contribution is 0.0382. The highest BCUT2D eigenvalue weighted by atomic mass is 35.5. The maximum absolute atomic E-state index is 11.7. The van der Waals surface area contributed by atoms with Crippen LogP contribution in [0.25, 0.3) is 0 Å². The van der Waals surface area contributed by atoms with Gasteiger partial charge in [-0.15, -0.1) is 11.6 Å². The fourth-order valence-corrected chi connectivity index (χ4v) is 1.95. The zero-order valence-corrected chi connectivity index (χ0v) is 10.9. The molecule has 1 saturated heterocycles. The van der Waals surface area contributed by atoms with Gasteiger partial charge in [-0.1, -0.05) is 0 Å². The van der Waals surface area contributed by atoms with Crippen molar-refractivity contribution in [3.05, 3.63) is 23.7 Å². The number of ether oxygens (including phenoxy) is 1. The SMILES string of the molecule is O=C(NCCN1CCOCC1)c1ccc(CCl)o1. The van der Waals surface area contributed by atoms with Crippen molar-refractivity contribution in [1.29, 1.82) is 0 Å². The summed E-state index contributed by atoms with van der Waals surface area (Å²) in [4.78, 5) is 14.0. The topological polar surface area (TPSA) is 54.7 Å². The molecule has 100 valence electrons. The molecule has 0 aromatic carbocycles. The first-order chi connectivity index (χ1) is 8.79. The van der Waals surface area contributed by atoms with E-state index in [0.717, 1.165) is 32.8 Å². The summed E-state index contributed by atoms with van der Waals surface area (Å²) in [5.41, 5.74) is 0. The third kappa shape index (κ3) is 3.73. The lowest BCUT2D eigenvalue weighted by Crippen LogP contribution is -2.41. The van der Waals surface area contributed by atoms with Gasteiger partial charge in [-0.3, -0.25) is 9.69 Å². The van der Waals surface area contributed by atoms with Crippen LogP contribution in [0, 0.1) is 0 Å². The summed E-state index contributed by atoms with van der Waals surface area (Å²) in [7, 11) is 0. The van der Waals surface area contributed by atoms with E-state index >= 15 is 0 Å². The monoisotopic (exact) mass is 272 g/mol. The first-order valence-electron chi connectivity index (χ1n) is 6.02. The first-order valence-corrected chi connectivity index (χ1v) is 6.56. The molecule has 0 radical (unpaired) electrons. The van der Waals surface area contributed by atoms with Gasteiger partial charge in [-0.05, 0) is 12.1 Å². The van der Waals surface area contributed by atoms with Gasteiger partial charge >= 0.3 is 0 Å². The zero-order chi connectivity index (χ0) is 12.8. The van der Waals surface area contributed by atoms with Gasteiger partial charge < -0.3 is 14.5 Å². The number of furan rings is 1. The van der Waals surface area contributed by atoms with E-state index in [1.165, 1.54) is 0 Å². The number of halogens is 1. The van der Waals surface area contributed by atoms with Crippen LogP contribution in [0.4, 0.5) is 0 Å². The maximum atomic E-state index is 11.7. The second kappa shape index (κ2) is 6.78. The largest absolute Gasteiger partial charge is 0.455 e. The number of hydrogen-bond acceptors (Lipinski definition) is 4. The molecule has 0 spiro atoms. The summed E-state index contributed by atoms with van der Waals surface area (Å²) >= 11 is 5.61. The second-order valence-corrected chi connectivity index (χ2v) is 4.38. The van der Waals surface area contributed by atoms with Crippen LogP contribution >= 0.6 is 11.6 Å². The van der Waals surface area contributed by atoms with E-state index in [0.29, 0.717) is 18.1 Å². The number of morpholine rings is 1. The van der Waals surface area contributed by atoms with Crippen molar-refractivity contribution in [3.63, 3.8) is 0 Å². The average Bonchev–Trinajstić information content (AvgIpc) is 2.89. The lowest BCUT2D eigenvalue weighted by atomic mass is 10.4. The molecule has 5 nitrogen and oxygen atoms in total. The Balaban J connectivity index is 1.70. The van der Waals surface area contributed by atoms with Crippen LogP contribution in [0.1, 0.15) is 16.3 Å². The predicted molar refractivity (Wildman–Crippen MR) is 67.9 cm³/mol. The van der Waals surface area contributed by atoms with Gasteiger partial charge in [0.2, 0.25) is 0 Å². The highest BCUT2D eigenvalue weighted by molar-refractivity contribution is 6.16. The number of alkyl halides is 1. The Hall–Kier alpha value is -1.04. The molecular formula is C12H17ClN2O3. The van der Waals surface area contributed by atoms with Crippen LogP contribution in [0.5, 0.6) is 0 Å². The van der Waals surface area contributed by atoms with Gasteiger partial charge in [-0.25, -0.2) is 0 Å². The van der Waals surface area contributed by atoms with Crippen LogP contribution in [-0.4, -0.2) is 50.2 Å². The van der Waals surface area contributed by atoms with Crippen molar-refractivity contribution >= 4 is 17.5 Å². The molecule has 0 atom stereocenters. The molecule has 18 heavy (non-hydrogen) atoms. The van der Waals surface area contributed by atoms with Crippen molar-refractivity contribution in [1.82, 2.24) is 10.2 Å². The lowest BCUT2D eigenvalue weighted by Gasteiger charge is -2.26. The molecule has 0 bridgehead atoms. The smallest absolute Gasteiger partial charge is 0.287 e. The molecular weight excluding hydrogens is 256 g/mol. The Morgan fingerprint density at radius 3 is 2.83 bits per heavy atom. The molecule has 1 amide bonds. The molecule has 0 saturated carbocycles. The van der Waals surface area contributed by atoms with E-state index in [4.69, 9.17) is 20.8 Å². The Bertz CT molecular complexity index is 388. The fraction of sp³-hybridized carbons (Fsp3) is 0.583. The molecule has 1 aromatic heterocycles. The van der Waals surface area contributed by atoms with E-state index in [1.807, 2.05) is 0 Å². The Morgan fingerprint density at radius 2 is 2.17 bits per heavy atom. The summed E-state index contributed by atoms with van der Waals surface area (Å²) < 4.78 is 10.5. The number of nitrogens with zero attached hydrogens (tertiary/aromatic N) is 1. The van der Waals surface area contributed by atoms with Gasteiger partial charge in [0.05, 0.1) is 19.1 Å².